The van der Waals surface area contributed by atoms with Crippen molar-refractivity contribution >= 4 is 10.9 Å². The number of hydrogen-bond donors (Lipinski definition) is 1. The average Bonchev–Trinajstić information content (AvgIpc) is 2.41. The molecule has 0 amide bonds. The molecule has 4 nitrogen and oxygen atoms in total. The molecule has 1 aromatic heterocycles. The topological polar surface area (TPSA) is 46.9 Å². The van der Waals surface area contributed by atoms with Gasteiger partial charge in [-0.3, -0.25) is 9.36 Å². The summed E-state index contributed by atoms with van der Waals surface area (Å²) in [6.07, 6.45) is 3.85. The largest absolute Gasteiger partial charge is 0.315 e. The Morgan fingerprint density at radius 1 is 1.44 bits per heavy atom. The van der Waals surface area contributed by atoms with E-state index in [1.54, 1.807) is 10.9 Å². The summed E-state index contributed by atoms with van der Waals surface area (Å²) in [6, 6.07) is 6.07. The van der Waals surface area contributed by atoms with Crippen molar-refractivity contribution < 1.29 is 0 Å². The summed E-state index contributed by atoms with van der Waals surface area (Å²) in [6.45, 7) is 3.91. The minimum Gasteiger partial charge on any atom is -0.315 e. The van der Waals surface area contributed by atoms with Gasteiger partial charge in [-0.25, -0.2) is 4.98 Å². The number of piperidine rings is 1. The van der Waals surface area contributed by atoms with Gasteiger partial charge >= 0.3 is 0 Å². The Morgan fingerprint density at radius 3 is 3.11 bits per heavy atom. The molecule has 1 atom stereocenters. The summed E-state index contributed by atoms with van der Waals surface area (Å²) in [4.78, 5) is 16.9. The van der Waals surface area contributed by atoms with Crippen LogP contribution in [0.3, 0.4) is 0 Å². The Hall–Kier alpha value is -1.68. The summed E-state index contributed by atoms with van der Waals surface area (Å²) >= 11 is 0. The third kappa shape index (κ3) is 1.93. The number of hydrogen-bond acceptors (Lipinski definition) is 3. The SMILES string of the molecule is Cc1ccc2ncn(C3CCCNC3)c(=O)c2c1. The second-order valence-corrected chi connectivity index (χ2v) is 4.98. The fourth-order valence-corrected chi connectivity index (χ4v) is 2.58. The Labute approximate surface area is 106 Å². The zero-order chi connectivity index (χ0) is 12.5. The van der Waals surface area contributed by atoms with E-state index >= 15 is 0 Å². The number of benzene rings is 1. The predicted octanol–water partition coefficient (Wildman–Crippen LogP) is 1.63. The van der Waals surface area contributed by atoms with E-state index in [9.17, 15) is 4.79 Å². The average molecular weight is 243 g/mol. The molecule has 0 bridgehead atoms. The van der Waals surface area contributed by atoms with Gasteiger partial charge < -0.3 is 5.32 Å². The van der Waals surface area contributed by atoms with Gasteiger partial charge in [0.05, 0.1) is 23.3 Å². The smallest absolute Gasteiger partial charge is 0.261 e. The van der Waals surface area contributed by atoms with Crippen LogP contribution in [-0.4, -0.2) is 22.6 Å². The molecule has 0 spiro atoms. The normalized spacial score (nSPS) is 20.2. The predicted molar refractivity (Wildman–Crippen MR) is 71.9 cm³/mol. The first kappa shape index (κ1) is 11.4. The number of nitrogens with one attached hydrogen (secondary N) is 1. The number of rotatable bonds is 1. The minimum absolute atomic E-state index is 0.0809. The molecular weight excluding hydrogens is 226 g/mol. The molecule has 1 fully saturated rings. The summed E-state index contributed by atoms with van der Waals surface area (Å²) in [5.74, 6) is 0. The Morgan fingerprint density at radius 2 is 2.33 bits per heavy atom. The molecule has 0 aliphatic carbocycles. The molecule has 1 unspecified atom stereocenters. The van der Waals surface area contributed by atoms with Crippen LogP contribution in [0.5, 0.6) is 0 Å². The van der Waals surface area contributed by atoms with Crippen molar-refractivity contribution in [1.82, 2.24) is 14.9 Å². The standard InChI is InChI=1S/C14H17N3O/c1-10-4-5-13-12(7-10)14(18)17(9-16-13)11-3-2-6-15-8-11/h4-5,7,9,11,15H,2-3,6,8H2,1H3. The van der Waals surface area contributed by atoms with Crippen LogP contribution >= 0.6 is 0 Å². The van der Waals surface area contributed by atoms with Crippen LogP contribution in [0.2, 0.25) is 0 Å². The van der Waals surface area contributed by atoms with Crippen molar-refractivity contribution in [2.45, 2.75) is 25.8 Å². The molecule has 2 heterocycles. The van der Waals surface area contributed by atoms with Crippen molar-refractivity contribution in [3.05, 3.63) is 40.4 Å². The number of aryl methyl sites for hydroxylation is 1. The van der Waals surface area contributed by atoms with Crippen LogP contribution in [0.25, 0.3) is 10.9 Å². The third-order valence-electron chi connectivity index (χ3n) is 3.60. The molecule has 1 aliphatic heterocycles. The zero-order valence-corrected chi connectivity index (χ0v) is 10.5. The van der Waals surface area contributed by atoms with Gasteiger partial charge in [0.2, 0.25) is 0 Å². The summed E-state index contributed by atoms with van der Waals surface area (Å²) < 4.78 is 1.79. The molecule has 0 radical (unpaired) electrons. The highest BCUT2D eigenvalue weighted by atomic mass is 16.1. The highest BCUT2D eigenvalue weighted by Gasteiger charge is 2.17. The lowest BCUT2D eigenvalue weighted by atomic mass is 10.1. The van der Waals surface area contributed by atoms with Gasteiger partial charge in [0.25, 0.3) is 5.56 Å². The van der Waals surface area contributed by atoms with Crippen LogP contribution in [0.4, 0.5) is 0 Å². The second kappa shape index (κ2) is 4.53. The maximum absolute atomic E-state index is 12.5. The maximum atomic E-state index is 12.5. The van der Waals surface area contributed by atoms with Gasteiger partial charge in [-0.2, -0.15) is 0 Å². The maximum Gasteiger partial charge on any atom is 0.261 e. The van der Waals surface area contributed by atoms with Gasteiger partial charge in [0.15, 0.2) is 0 Å². The van der Waals surface area contributed by atoms with Crippen LogP contribution in [0, 0.1) is 6.92 Å². The fourth-order valence-electron chi connectivity index (χ4n) is 2.58. The van der Waals surface area contributed by atoms with E-state index < -0.39 is 0 Å². The van der Waals surface area contributed by atoms with Crippen LogP contribution in [-0.2, 0) is 0 Å². The first-order chi connectivity index (χ1) is 8.75. The van der Waals surface area contributed by atoms with E-state index in [0.29, 0.717) is 0 Å². The van der Waals surface area contributed by atoms with E-state index in [4.69, 9.17) is 0 Å². The first-order valence-corrected chi connectivity index (χ1v) is 6.44. The Kier molecular flexibility index (Phi) is 2.88. The lowest BCUT2D eigenvalue weighted by Crippen LogP contribution is -2.36. The monoisotopic (exact) mass is 243 g/mol. The Bertz CT molecular complexity index is 626. The molecule has 18 heavy (non-hydrogen) atoms. The molecule has 1 saturated heterocycles. The van der Waals surface area contributed by atoms with Crippen molar-refractivity contribution in [1.29, 1.82) is 0 Å². The quantitative estimate of drug-likeness (QED) is 0.828. The fraction of sp³-hybridized carbons (Fsp3) is 0.429. The van der Waals surface area contributed by atoms with Crippen molar-refractivity contribution in [3.63, 3.8) is 0 Å². The van der Waals surface area contributed by atoms with Crippen molar-refractivity contribution in [3.8, 4) is 0 Å². The number of nitrogens with zero attached hydrogens (tertiary/aromatic N) is 2. The van der Waals surface area contributed by atoms with Gasteiger partial charge in [0.1, 0.15) is 0 Å². The molecule has 4 heteroatoms. The van der Waals surface area contributed by atoms with Crippen LogP contribution < -0.4 is 10.9 Å². The van der Waals surface area contributed by atoms with Gasteiger partial charge in [-0.05, 0) is 38.4 Å². The molecule has 1 N–H and O–H groups in total. The summed E-state index contributed by atoms with van der Waals surface area (Å²) in [5, 5.41) is 4.06. The van der Waals surface area contributed by atoms with Gasteiger partial charge in [-0.15, -0.1) is 0 Å². The van der Waals surface area contributed by atoms with Crippen LogP contribution in [0.1, 0.15) is 24.4 Å². The van der Waals surface area contributed by atoms with Gasteiger partial charge in [0, 0.05) is 6.54 Å². The third-order valence-corrected chi connectivity index (χ3v) is 3.60. The number of fused-ring (bicyclic) bond motifs is 1. The van der Waals surface area contributed by atoms with E-state index in [1.807, 2.05) is 25.1 Å². The summed E-state index contributed by atoms with van der Waals surface area (Å²) in [5.41, 5.74) is 1.96. The van der Waals surface area contributed by atoms with Crippen molar-refractivity contribution in [2.24, 2.45) is 0 Å². The van der Waals surface area contributed by atoms with E-state index in [2.05, 4.69) is 10.3 Å². The minimum atomic E-state index is 0.0809. The lowest BCUT2D eigenvalue weighted by Gasteiger charge is -2.24. The van der Waals surface area contributed by atoms with E-state index in [0.717, 1.165) is 42.4 Å². The van der Waals surface area contributed by atoms with Gasteiger partial charge in [-0.1, -0.05) is 11.6 Å². The molecule has 1 aromatic carbocycles. The van der Waals surface area contributed by atoms with Crippen LogP contribution in [0.15, 0.2) is 29.3 Å². The highest BCUT2D eigenvalue weighted by molar-refractivity contribution is 5.77. The second-order valence-electron chi connectivity index (χ2n) is 4.98. The van der Waals surface area contributed by atoms with E-state index in [-0.39, 0.29) is 11.6 Å². The molecule has 1 aliphatic rings. The molecular formula is C14H17N3O. The zero-order valence-electron chi connectivity index (χ0n) is 10.5. The Balaban J connectivity index is 2.13. The molecule has 0 saturated carbocycles. The van der Waals surface area contributed by atoms with Crippen molar-refractivity contribution in [2.75, 3.05) is 13.1 Å². The number of aromatic nitrogens is 2. The highest BCUT2D eigenvalue weighted by Crippen LogP contribution is 2.16. The lowest BCUT2D eigenvalue weighted by molar-refractivity contribution is 0.363. The molecule has 2 aromatic rings. The molecule has 94 valence electrons. The first-order valence-electron chi connectivity index (χ1n) is 6.44. The molecule has 3 rings (SSSR count). The summed E-state index contributed by atoms with van der Waals surface area (Å²) in [7, 11) is 0. The van der Waals surface area contributed by atoms with E-state index in [1.165, 1.54) is 0 Å².